The lowest BCUT2D eigenvalue weighted by Crippen LogP contribution is -2.56. The Morgan fingerprint density at radius 1 is 1.42 bits per heavy atom. The fourth-order valence-electron chi connectivity index (χ4n) is 3.35. The van der Waals surface area contributed by atoms with Gasteiger partial charge < -0.3 is 24.8 Å². The Bertz CT molecular complexity index is 741. The number of carbonyl (C=O) groups is 3. The minimum atomic E-state index is -1.41. The molecule has 8 heteroatoms. The molecule has 1 aromatic rings. The Labute approximate surface area is 151 Å². The number of nitrogens with one attached hydrogen (secondary N) is 1. The average molecular weight is 362 g/mol. The maximum Gasteiger partial charge on any atom is 0.331 e. The Morgan fingerprint density at radius 3 is 2.81 bits per heavy atom. The number of carbonyl (C=O) groups excluding carboxylic acids is 2. The predicted molar refractivity (Wildman–Crippen MR) is 92.1 cm³/mol. The fraction of sp³-hybridized carbons (Fsp3) is 0.500. The molecule has 8 nitrogen and oxygen atoms in total. The van der Waals surface area contributed by atoms with Crippen LogP contribution in [0, 0.1) is 12.8 Å². The standard InChI is InChI=1S/C18H22N2O6/c1-11-3-4-14(25-2)13(7-11)20-9-12(8-15(20)21)16(22)19-18(17(23)24)5-6-26-10-18/h3-4,7,12H,5-6,8-10H2,1-2H3,(H,19,22)(H,23,24). The second-order valence-electron chi connectivity index (χ2n) is 6.76. The van der Waals surface area contributed by atoms with Crippen LogP contribution in [0.2, 0.25) is 0 Å². The van der Waals surface area contributed by atoms with Crippen molar-refractivity contribution in [3.63, 3.8) is 0 Å². The normalized spacial score (nSPS) is 25.4. The molecule has 0 spiro atoms. The molecule has 0 bridgehead atoms. The van der Waals surface area contributed by atoms with Gasteiger partial charge in [0.15, 0.2) is 5.54 Å². The number of anilines is 1. The van der Waals surface area contributed by atoms with Gasteiger partial charge in [-0.25, -0.2) is 4.79 Å². The van der Waals surface area contributed by atoms with Crippen LogP contribution >= 0.6 is 0 Å². The molecule has 2 aliphatic rings. The Morgan fingerprint density at radius 2 is 2.19 bits per heavy atom. The van der Waals surface area contributed by atoms with Gasteiger partial charge in [-0.2, -0.15) is 0 Å². The molecule has 140 valence electrons. The number of aryl methyl sites for hydroxylation is 1. The first kappa shape index (κ1) is 18.2. The van der Waals surface area contributed by atoms with E-state index in [0.717, 1.165) is 5.56 Å². The molecule has 1 aromatic carbocycles. The number of hydrogen-bond donors (Lipinski definition) is 2. The number of carboxylic acid groups (broad SMARTS) is 1. The van der Waals surface area contributed by atoms with Gasteiger partial charge in [0.25, 0.3) is 0 Å². The smallest absolute Gasteiger partial charge is 0.331 e. The SMILES string of the molecule is COc1ccc(C)cc1N1CC(C(=O)NC2(C(=O)O)CCOC2)CC1=O. The summed E-state index contributed by atoms with van der Waals surface area (Å²) in [5, 5.41) is 12.0. The van der Waals surface area contributed by atoms with E-state index in [1.54, 1.807) is 6.07 Å². The lowest BCUT2D eigenvalue weighted by molar-refractivity contribution is -0.148. The minimum Gasteiger partial charge on any atom is -0.495 e. The Balaban J connectivity index is 1.76. The predicted octanol–water partition coefficient (Wildman–Crippen LogP) is 0.716. The number of rotatable bonds is 5. The highest BCUT2D eigenvalue weighted by Gasteiger charge is 2.46. The van der Waals surface area contributed by atoms with Gasteiger partial charge in [0.05, 0.1) is 25.3 Å². The molecule has 2 aliphatic heterocycles. The summed E-state index contributed by atoms with van der Waals surface area (Å²) in [6, 6.07) is 5.49. The van der Waals surface area contributed by atoms with Gasteiger partial charge in [0, 0.05) is 26.0 Å². The minimum absolute atomic E-state index is 0.0273. The summed E-state index contributed by atoms with van der Waals surface area (Å²) in [6.07, 6.45) is 0.240. The summed E-state index contributed by atoms with van der Waals surface area (Å²) in [5.41, 5.74) is 0.175. The van der Waals surface area contributed by atoms with Crippen molar-refractivity contribution >= 4 is 23.5 Å². The number of benzene rings is 1. The second kappa shape index (κ2) is 6.95. The van der Waals surface area contributed by atoms with Crippen LogP contribution in [0.5, 0.6) is 5.75 Å². The van der Waals surface area contributed by atoms with Crippen LogP contribution in [0.15, 0.2) is 18.2 Å². The van der Waals surface area contributed by atoms with E-state index in [1.165, 1.54) is 12.0 Å². The number of methoxy groups -OCH3 is 1. The lowest BCUT2D eigenvalue weighted by atomic mass is 9.97. The molecule has 0 aromatic heterocycles. The van der Waals surface area contributed by atoms with Gasteiger partial charge in [-0.1, -0.05) is 6.07 Å². The zero-order valence-corrected chi connectivity index (χ0v) is 14.8. The number of amides is 2. The molecule has 0 saturated carbocycles. The maximum absolute atomic E-state index is 12.6. The van der Waals surface area contributed by atoms with Crippen molar-refractivity contribution in [1.82, 2.24) is 5.32 Å². The molecule has 2 atom stereocenters. The molecule has 2 heterocycles. The van der Waals surface area contributed by atoms with Gasteiger partial charge in [-0.05, 0) is 24.6 Å². The molecule has 26 heavy (non-hydrogen) atoms. The highest BCUT2D eigenvalue weighted by molar-refractivity contribution is 6.02. The van der Waals surface area contributed by atoms with Crippen molar-refractivity contribution in [3.05, 3.63) is 23.8 Å². The van der Waals surface area contributed by atoms with Gasteiger partial charge in [0.1, 0.15) is 5.75 Å². The zero-order valence-electron chi connectivity index (χ0n) is 14.8. The molecular formula is C18H22N2O6. The molecular weight excluding hydrogens is 340 g/mol. The van der Waals surface area contributed by atoms with Crippen molar-refractivity contribution < 1.29 is 29.0 Å². The van der Waals surface area contributed by atoms with E-state index >= 15 is 0 Å². The van der Waals surface area contributed by atoms with E-state index in [1.807, 2.05) is 19.1 Å². The van der Waals surface area contributed by atoms with Gasteiger partial charge in [-0.15, -0.1) is 0 Å². The van der Waals surface area contributed by atoms with Crippen molar-refractivity contribution in [2.45, 2.75) is 25.3 Å². The van der Waals surface area contributed by atoms with Crippen molar-refractivity contribution in [3.8, 4) is 5.75 Å². The van der Waals surface area contributed by atoms with Crippen LogP contribution in [0.1, 0.15) is 18.4 Å². The zero-order chi connectivity index (χ0) is 18.9. The van der Waals surface area contributed by atoms with Crippen molar-refractivity contribution in [2.75, 3.05) is 31.8 Å². The number of hydrogen-bond acceptors (Lipinski definition) is 5. The summed E-state index contributed by atoms with van der Waals surface area (Å²) >= 11 is 0. The van der Waals surface area contributed by atoms with Crippen molar-refractivity contribution in [2.24, 2.45) is 5.92 Å². The van der Waals surface area contributed by atoms with Gasteiger partial charge in [0.2, 0.25) is 11.8 Å². The molecule has 2 N–H and O–H groups in total. The molecule has 0 aliphatic carbocycles. The summed E-state index contributed by atoms with van der Waals surface area (Å²) < 4.78 is 10.5. The summed E-state index contributed by atoms with van der Waals surface area (Å²) in [4.78, 5) is 38.2. The summed E-state index contributed by atoms with van der Waals surface area (Å²) in [5.74, 6) is -1.83. The topological polar surface area (TPSA) is 105 Å². The van der Waals surface area contributed by atoms with Crippen LogP contribution in [0.25, 0.3) is 0 Å². The number of aliphatic carboxylic acids is 1. The number of carboxylic acids is 1. The molecule has 2 fully saturated rings. The first-order valence-corrected chi connectivity index (χ1v) is 8.44. The van der Waals surface area contributed by atoms with Crippen LogP contribution in [-0.2, 0) is 19.1 Å². The monoisotopic (exact) mass is 362 g/mol. The summed E-state index contributed by atoms with van der Waals surface area (Å²) in [7, 11) is 1.52. The van der Waals surface area contributed by atoms with E-state index in [9.17, 15) is 19.5 Å². The number of nitrogens with zero attached hydrogens (tertiary/aromatic N) is 1. The lowest BCUT2D eigenvalue weighted by Gasteiger charge is -2.25. The van der Waals surface area contributed by atoms with Crippen LogP contribution in [-0.4, -0.2) is 55.3 Å². The Hall–Kier alpha value is -2.61. The second-order valence-corrected chi connectivity index (χ2v) is 6.76. The Kier molecular flexibility index (Phi) is 4.86. The number of ether oxygens (including phenoxy) is 2. The van der Waals surface area contributed by atoms with Gasteiger partial charge >= 0.3 is 5.97 Å². The van der Waals surface area contributed by atoms with E-state index < -0.39 is 23.3 Å². The average Bonchev–Trinajstić information content (AvgIpc) is 3.22. The third-order valence-corrected chi connectivity index (χ3v) is 4.91. The molecule has 3 rings (SSSR count). The van der Waals surface area contributed by atoms with E-state index in [0.29, 0.717) is 11.4 Å². The van der Waals surface area contributed by atoms with Crippen LogP contribution < -0.4 is 15.0 Å². The third-order valence-electron chi connectivity index (χ3n) is 4.91. The first-order chi connectivity index (χ1) is 12.4. The van der Waals surface area contributed by atoms with E-state index in [4.69, 9.17) is 9.47 Å². The van der Waals surface area contributed by atoms with E-state index in [-0.39, 0.29) is 38.5 Å². The molecule has 0 radical (unpaired) electrons. The van der Waals surface area contributed by atoms with Gasteiger partial charge in [-0.3, -0.25) is 9.59 Å². The van der Waals surface area contributed by atoms with Crippen LogP contribution in [0.3, 0.4) is 0 Å². The van der Waals surface area contributed by atoms with Crippen LogP contribution in [0.4, 0.5) is 5.69 Å². The first-order valence-electron chi connectivity index (χ1n) is 8.44. The molecule has 2 unspecified atom stereocenters. The third kappa shape index (κ3) is 3.24. The largest absolute Gasteiger partial charge is 0.495 e. The quantitative estimate of drug-likeness (QED) is 0.800. The van der Waals surface area contributed by atoms with E-state index in [2.05, 4.69) is 5.32 Å². The fourth-order valence-corrected chi connectivity index (χ4v) is 3.35. The highest BCUT2D eigenvalue weighted by Crippen LogP contribution is 2.34. The highest BCUT2D eigenvalue weighted by atomic mass is 16.5. The van der Waals surface area contributed by atoms with Crippen molar-refractivity contribution in [1.29, 1.82) is 0 Å². The molecule has 2 saturated heterocycles. The molecule has 2 amide bonds. The maximum atomic E-state index is 12.6. The summed E-state index contributed by atoms with van der Waals surface area (Å²) in [6.45, 7) is 2.30.